The van der Waals surface area contributed by atoms with Crippen molar-refractivity contribution >= 4 is 7.60 Å². The van der Waals surface area contributed by atoms with Crippen molar-refractivity contribution in [3.8, 4) is 0 Å². The summed E-state index contributed by atoms with van der Waals surface area (Å²) in [4.78, 5) is 5.24. The van der Waals surface area contributed by atoms with Gasteiger partial charge in [0.05, 0.1) is 25.0 Å². The zero-order chi connectivity index (χ0) is 17.1. The van der Waals surface area contributed by atoms with Gasteiger partial charge in [-0.05, 0) is 12.0 Å². The molecule has 0 radical (unpaired) electrons. The molecule has 0 aliphatic heterocycles. The third kappa shape index (κ3) is 8.58. The summed E-state index contributed by atoms with van der Waals surface area (Å²) in [5.74, 6) is 0. The minimum absolute atomic E-state index is 0.103. The fourth-order valence-electron chi connectivity index (χ4n) is 1.94. The zero-order valence-corrected chi connectivity index (χ0v) is 14.4. The van der Waals surface area contributed by atoms with E-state index in [2.05, 4.69) is 5.48 Å². The molecule has 7 nitrogen and oxygen atoms in total. The minimum Gasteiger partial charge on any atom is -0.393 e. The second-order valence-corrected chi connectivity index (χ2v) is 7.55. The summed E-state index contributed by atoms with van der Waals surface area (Å²) in [6, 6.07) is 9.64. The molecule has 0 saturated carbocycles. The minimum atomic E-state index is -3.12. The number of hydrogen-bond donors (Lipinski definition) is 3. The Kier molecular flexibility index (Phi) is 9.59. The van der Waals surface area contributed by atoms with Crippen LogP contribution >= 0.6 is 7.60 Å². The first-order valence-corrected chi connectivity index (χ1v) is 9.17. The summed E-state index contributed by atoms with van der Waals surface area (Å²) in [6.07, 6.45) is -1.09. The Bertz CT molecular complexity index is 464. The van der Waals surface area contributed by atoms with E-state index in [1.54, 1.807) is 0 Å². The van der Waals surface area contributed by atoms with E-state index in [0.29, 0.717) is 6.61 Å². The fourth-order valence-corrected chi connectivity index (χ4v) is 3.07. The topological polar surface area (TPSA) is 97.3 Å². The fraction of sp³-hybridized carbons (Fsp3) is 0.600. The van der Waals surface area contributed by atoms with Gasteiger partial charge < -0.3 is 19.3 Å². The molecule has 1 aromatic rings. The predicted octanol–water partition coefficient (Wildman–Crippen LogP) is 1.70. The van der Waals surface area contributed by atoms with Gasteiger partial charge in [-0.3, -0.25) is 9.40 Å². The van der Waals surface area contributed by atoms with Gasteiger partial charge in [0.1, 0.15) is 0 Å². The van der Waals surface area contributed by atoms with Gasteiger partial charge in [0.2, 0.25) is 0 Å². The van der Waals surface area contributed by atoms with Crippen LogP contribution < -0.4 is 5.48 Å². The molecule has 0 saturated heterocycles. The Labute approximate surface area is 137 Å². The first kappa shape index (κ1) is 20.3. The van der Waals surface area contributed by atoms with Gasteiger partial charge >= 0.3 is 7.60 Å². The molecule has 0 spiro atoms. The first-order chi connectivity index (χ1) is 11.0. The van der Waals surface area contributed by atoms with Crippen LogP contribution in [0, 0.1) is 0 Å². The summed E-state index contributed by atoms with van der Waals surface area (Å²) in [7, 11) is -0.510. The van der Waals surface area contributed by atoms with Crippen molar-refractivity contribution in [2.75, 3.05) is 26.9 Å². The molecular weight excluding hydrogens is 321 g/mol. The highest BCUT2D eigenvalue weighted by atomic mass is 31.2. The largest absolute Gasteiger partial charge is 0.393 e. The van der Waals surface area contributed by atoms with Gasteiger partial charge in [0.15, 0.2) is 0 Å². The molecule has 0 fully saturated rings. The molecule has 3 N–H and O–H groups in total. The highest BCUT2D eigenvalue weighted by Gasteiger charge is 2.23. The van der Waals surface area contributed by atoms with Crippen molar-refractivity contribution in [3.63, 3.8) is 0 Å². The Morgan fingerprint density at radius 3 is 2.39 bits per heavy atom. The zero-order valence-electron chi connectivity index (χ0n) is 13.6. The van der Waals surface area contributed by atoms with Crippen LogP contribution in [0.4, 0.5) is 0 Å². The quantitative estimate of drug-likeness (QED) is 0.301. The number of nitrogens with one attached hydrogen (secondary N) is 1. The average Bonchev–Trinajstić information content (AvgIpc) is 2.57. The maximum atomic E-state index is 11.8. The van der Waals surface area contributed by atoms with Gasteiger partial charge in [-0.25, -0.2) is 0 Å². The number of benzene rings is 1. The van der Waals surface area contributed by atoms with Crippen LogP contribution in [0.3, 0.4) is 0 Å². The Morgan fingerprint density at radius 1 is 1.13 bits per heavy atom. The van der Waals surface area contributed by atoms with E-state index in [1.807, 2.05) is 30.3 Å². The van der Waals surface area contributed by atoms with E-state index in [9.17, 15) is 14.8 Å². The first-order valence-electron chi connectivity index (χ1n) is 7.44. The summed E-state index contributed by atoms with van der Waals surface area (Å²) in [5.41, 5.74) is 3.69. The van der Waals surface area contributed by atoms with Crippen molar-refractivity contribution in [2.24, 2.45) is 0 Å². The van der Waals surface area contributed by atoms with E-state index in [0.717, 1.165) is 5.56 Å². The van der Waals surface area contributed by atoms with Gasteiger partial charge in [0, 0.05) is 27.2 Å². The van der Waals surface area contributed by atoms with E-state index in [1.165, 1.54) is 14.2 Å². The van der Waals surface area contributed by atoms with E-state index < -0.39 is 19.8 Å². The van der Waals surface area contributed by atoms with Crippen LogP contribution in [0.2, 0.25) is 0 Å². The molecule has 0 bridgehead atoms. The summed E-state index contributed by atoms with van der Waals surface area (Å²) in [5, 5.41) is 19.7. The molecule has 0 aliphatic carbocycles. The summed E-state index contributed by atoms with van der Waals surface area (Å²) in [6.45, 7) is 0.580. The van der Waals surface area contributed by atoms with E-state index in [4.69, 9.17) is 13.9 Å². The molecule has 0 heterocycles. The second kappa shape index (κ2) is 10.9. The lowest BCUT2D eigenvalue weighted by Crippen LogP contribution is -2.30. The molecule has 1 rings (SSSR count). The van der Waals surface area contributed by atoms with Crippen molar-refractivity contribution in [2.45, 2.75) is 31.7 Å². The third-order valence-electron chi connectivity index (χ3n) is 3.34. The molecule has 132 valence electrons. The summed E-state index contributed by atoms with van der Waals surface area (Å²) < 4.78 is 21.4. The molecule has 23 heavy (non-hydrogen) atoms. The van der Waals surface area contributed by atoms with Crippen LogP contribution in [0.5, 0.6) is 0 Å². The molecule has 1 aromatic carbocycles. The molecule has 2 atom stereocenters. The Hall–Kier alpha value is -0.790. The van der Waals surface area contributed by atoms with Crippen LogP contribution in [0.1, 0.15) is 18.4 Å². The molecule has 0 unspecified atom stereocenters. The van der Waals surface area contributed by atoms with Crippen LogP contribution in [0.15, 0.2) is 30.3 Å². The number of rotatable bonds is 12. The monoisotopic (exact) mass is 347 g/mol. The van der Waals surface area contributed by atoms with Gasteiger partial charge in [-0.15, -0.1) is 0 Å². The Balaban J connectivity index is 2.15. The van der Waals surface area contributed by atoms with E-state index in [-0.39, 0.29) is 25.5 Å². The van der Waals surface area contributed by atoms with E-state index >= 15 is 0 Å². The smallest absolute Gasteiger partial charge is 0.330 e. The van der Waals surface area contributed by atoms with Crippen molar-refractivity contribution < 1.29 is 28.7 Å². The standard InChI is InChI=1S/C15H26NO6P/c1-20-23(19,21-2)9-8-14(17)10-15(18)11-16-22-12-13-6-4-3-5-7-13/h3-7,14-18H,8-12H2,1-2H3/t14-,15+/m0/s1. The average molecular weight is 347 g/mol. The maximum Gasteiger partial charge on any atom is 0.330 e. The molecule has 0 aromatic heterocycles. The van der Waals surface area contributed by atoms with Crippen molar-refractivity contribution in [1.82, 2.24) is 5.48 Å². The lowest BCUT2D eigenvalue weighted by atomic mass is 10.1. The number of hydrogen-bond acceptors (Lipinski definition) is 7. The lowest BCUT2D eigenvalue weighted by molar-refractivity contribution is -0.00797. The second-order valence-electron chi connectivity index (χ2n) is 5.15. The molecular formula is C15H26NO6P. The predicted molar refractivity (Wildman–Crippen MR) is 87.0 cm³/mol. The highest BCUT2D eigenvalue weighted by molar-refractivity contribution is 7.53. The number of hydroxylamine groups is 1. The van der Waals surface area contributed by atoms with Crippen LogP contribution in [-0.2, 0) is 25.1 Å². The van der Waals surface area contributed by atoms with Crippen LogP contribution in [-0.4, -0.2) is 49.3 Å². The van der Waals surface area contributed by atoms with Gasteiger partial charge in [0.25, 0.3) is 0 Å². The Morgan fingerprint density at radius 2 is 1.78 bits per heavy atom. The highest BCUT2D eigenvalue weighted by Crippen LogP contribution is 2.47. The van der Waals surface area contributed by atoms with Gasteiger partial charge in [-0.1, -0.05) is 30.3 Å². The maximum absolute atomic E-state index is 11.8. The molecule has 8 heteroatoms. The molecule has 0 amide bonds. The molecule has 0 aliphatic rings. The van der Waals surface area contributed by atoms with Gasteiger partial charge in [-0.2, -0.15) is 5.48 Å². The van der Waals surface area contributed by atoms with Crippen molar-refractivity contribution in [3.05, 3.63) is 35.9 Å². The number of aliphatic hydroxyl groups is 2. The SMILES string of the molecule is COP(=O)(CC[C@H](O)C[C@@H](O)CNOCc1ccccc1)OC. The van der Waals surface area contributed by atoms with Crippen LogP contribution in [0.25, 0.3) is 0 Å². The lowest BCUT2D eigenvalue weighted by Gasteiger charge is -2.18. The normalized spacial score (nSPS) is 14.6. The summed E-state index contributed by atoms with van der Waals surface area (Å²) >= 11 is 0. The number of aliphatic hydroxyl groups excluding tert-OH is 2. The van der Waals surface area contributed by atoms with Crippen molar-refractivity contribution in [1.29, 1.82) is 0 Å². The third-order valence-corrected chi connectivity index (χ3v) is 5.26.